The number of carboxylic acids is 2. The maximum atomic E-state index is 13.0. The van der Waals surface area contributed by atoms with Crippen molar-refractivity contribution in [3.05, 3.63) is 62.9 Å². The Hall–Kier alpha value is -4.27. The number of alkyl halides is 3. The highest BCUT2D eigenvalue weighted by Gasteiger charge is 2.60. The summed E-state index contributed by atoms with van der Waals surface area (Å²) in [4.78, 5) is 59.5. The fraction of sp³-hybridized carbons (Fsp3) is 0.391. The SMILES string of the molecule is O=C(O)C(F)(F)F.O=C(O)C1=C(/C=C2\CCN(Cc3ccc([N+](=O)[O-])cc3)C2=O)C2CCN[C@@H]3C(=O)N1[C@H]23. The number of nitro groups is 1. The maximum absolute atomic E-state index is 13.0. The molecule has 1 aromatic rings. The third-order valence-electron chi connectivity index (χ3n) is 6.80. The number of aliphatic carboxylic acids is 2. The second kappa shape index (κ2) is 9.89. The lowest BCUT2D eigenvalue weighted by Crippen LogP contribution is -2.71. The molecule has 3 N–H and O–H groups in total. The summed E-state index contributed by atoms with van der Waals surface area (Å²) in [5.41, 5.74) is 1.86. The molecule has 0 spiro atoms. The van der Waals surface area contributed by atoms with Gasteiger partial charge in [-0.05, 0) is 36.6 Å². The van der Waals surface area contributed by atoms with Crippen molar-refractivity contribution in [2.24, 2.45) is 5.92 Å². The van der Waals surface area contributed by atoms with Crippen molar-refractivity contribution in [2.75, 3.05) is 13.1 Å². The fourth-order valence-corrected chi connectivity index (χ4v) is 5.09. The van der Waals surface area contributed by atoms with Crippen molar-refractivity contribution in [3.8, 4) is 0 Å². The Labute approximate surface area is 212 Å². The summed E-state index contributed by atoms with van der Waals surface area (Å²) in [7, 11) is 0. The fourth-order valence-electron chi connectivity index (χ4n) is 5.09. The minimum Gasteiger partial charge on any atom is -0.477 e. The van der Waals surface area contributed by atoms with Gasteiger partial charge in [-0.15, -0.1) is 0 Å². The normalized spacial score (nSPS) is 25.1. The number of benzene rings is 1. The van der Waals surface area contributed by atoms with E-state index < -0.39 is 23.0 Å². The van der Waals surface area contributed by atoms with Gasteiger partial charge in [0.05, 0.1) is 11.0 Å². The van der Waals surface area contributed by atoms with Crippen molar-refractivity contribution in [1.29, 1.82) is 0 Å². The highest BCUT2D eigenvalue weighted by Crippen LogP contribution is 2.47. The van der Waals surface area contributed by atoms with Gasteiger partial charge in [0, 0.05) is 36.7 Å². The van der Waals surface area contributed by atoms with Crippen LogP contribution in [0.1, 0.15) is 18.4 Å². The van der Waals surface area contributed by atoms with E-state index in [1.165, 1.54) is 17.0 Å². The summed E-state index contributed by atoms with van der Waals surface area (Å²) in [5.74, 6) is -4.40. The van der Waals surface area contributed by atoms with Crippen LogP contribution in [0, 0.1) is 16.0 Å². The Morgan fingerprint density at radius 1 is 1.18 bits per heavy atom. The molecule has 0 saturated carbocycles. The summed E-state index contributed by atoms with van der Waals surface area (Å²) in [5, 5.41) is 30.8. The van der Waals surface area contributed by atoms with Gasteiger partial charge in [-0.2, -0.15) is 13.2 Å². The van der Waals surface area contributed by atoms with Gasteiger partial charge in [0.2, 0.25) is 11.8 Å². The molecule has 5 rings (SSSR count). The van der Waals surface area contributed by atoms with Gasteiger partial charge in [0.25, 0.3) is 5.69 Å². The quantitative estimate of drug-likeness (QED) is 0.217. The molecule has 4 aliphatic rings. The summed E-state index contributed by atoms with van der Waals surface area (Å²) in [6, 6.07) is 5.53. The number of β-lactam (4-membered cyclic amide) rings is 1. The second-order valence-corrected chi connectivity index (χ2v) is 9.01. The number of carbonyl (C=O) groups is 4. The molecule has 4 heterocycles. The number of piperidine rings is 1. The smallest absolute Gasteiger partial charge is 0.477 e. The van der Waals surface area contributed by atoms with E-state index in [-0.39, 0.29) is 41.2 Å². The monoisotopic (exact) mass is 538 g/mol. The van der Waals surface area contributed by atoms with Crippen molar-refractivity contribution < 1.29 is 47.5 Å². The molecule has 202 valence electrons. The molecule has 1 aromatic carbocycles. The standard InChI is InChI=1S/C21H20N4O6.C2HF3O2/c26-19-12(6-8-23(19)10-11-1-3-13(4-2-11)25(30)31)9-15-14-5-7-22-16-17(14)24(20(16)27)18(15)21(28)29;3-2(4,5)1(6)7/h1-4,9,14,16-17,22H,5-8,10H2,(H,28,29);(H,6,7)/b12-9+;/t14?,16-,17+;/m0./s1. The van der Waals surface area contributed by atoms with Crippen molar-refractivity contribution in [2.45, 2.75) is 37.6 Å². The molecule has 3 atom stereocenters. The van der Waals surface area contributed by atoms with Gasteiger partial charge in [-0.25, -0.2) is 9.59 Å². The van der Waals surface area contributed by atoms with Gasteiger partial charge in [-0.3, -0.25) is 24.6 Å². The first-order valence-corrected chi connectivity index (χ1v) is 11.4. The number of carbonyl (C=O) groups excluding carboxylic acids is 2. The van der Waals surface area contributed by atoms with Crippen molar-refractivity contribution >= 4 is 29.4 Å². The Kier molecular flexibility index (Phi) is 6.97. The van der Waals surface area contributed by atoms with Gasteiger partial charge in [0.1, 0.15) is 11.7 Å². The van der Waals surface area contributed by atoms with E-state index in [2.05, 4.69) is 5.32 Å². The van der Waals surface area contributed by atoms with E-state index in [0.29, 0.717) is 43.6 Å². The zero-order valence-electron chi connectivity index (χ0n) is 19.5. The number of non-ortho nitro benzene ring substituents is 1. The van der Waals surface area contributed by atoms with Crippen LogP contribution in [0.3, 0.4) is 0 Å². The van der Waals surface area contributed by atoms with Crippen LogP contribution in [-0.4, -0.2) is 80.0 Å². The summed E-state index contributed by atoms with van der Waals surface area (Å²) in [6.07, 6.45) is -2.21. The largest absolute Gasteiger partial charge is 0.490 e. The Bertz CT molecular complexity index is 1270. The van der Waals surface area contributed by atoms with E-state index in [0.717, 1.165) is 5.56 Å². The first-order chi connectivity index (χ1) is 17.8. The van der Waals surface area contributed by atoms with E-state index in [1.807, 2.05) is 0 Å². The molecule has 3 fully saturated rings. The number of halogens is 3. The van der Waals surface area contributed by atoms with Crippen LogP contribution in [0.2, 0.25) is 0 Å². The second-order valence-electron chi connectivity index (χ2n) is 9.01. The number of nitro benzene ring substituents is 1. The van der Waals surface area contributed by atoms with Crippen LogP contribution in [0.25, 0.3) is 0 Å². The van der Waals surface area contributed by atoms with Crippen LogP contribution >= 0.6 is 0 Å². The topological polar surface area (TPSA) is 170 Å². The molecule has 4 aliphatic heterocycles. The molecule has 0 bridgehead atoms. The number of hydrogen-bond acceptors (Lipinski definition) is 7. The number of nitrogens with one attached hydrogen (secondary N) is 1. The number of allylic oxidation sites excluding steroid dienone is 1. The van der Waals surface area contributed by atoms with Crippen molar-refractivity contribution in [3.63, 3.8) is 0 Å². The minimum absolute atomic E-state index is 0.00549. The van der Waals surface area contributed by atoms with Crippen molar-refractivity contribution in [1.82, 2.24) is 15.1 Å². The van der Waals surface area contributed by atoms with Crippen LogP contribution < -0.4 is 5.32 Å². The highest BCUT2D eigenvalue weighted by molar-refractivity contribution is 6.03. The highest BCUT2D eigenvalue weighted by atomic mass is 19.4. The molecular weight excluding hydrogens is 517 g/mol. The minimum atomic E-state index is -5.08. The van der Waals surface area contributed by atoms with Crippen LogP contribution in [0.5, 0.6) is 0 Å². The van der Waals surface area contributed by atoms with E-state index >= 15 is 0 Å². The summed E-state index contributed by atoms with van der Waals surface area (Å²) in [6.45, 7) is 1.44. The lowest BCUT2D eigenvalue weighted by Gasteiger charge is -2.48. The van der Waals surface area contributed by atoms with Gasteiger partial charge < -0.3 is 20.4 Å². The van der Waals surface area contributed by atoms with Gasteiger partial charge >= 0.3 is 18.1 Å². The lowest BCUT2D eigenvalue weighted by atomic mass is 9.79. The van der Waals surface area contributed by atoms with E-state index in [9.17, 15) is 42.8 Å². The molecule has 2 amide bonds. The van der Waals surface area contributed by atoms with Crippen LogP contribution in [0.15, 0.2) is 47.2 Å². The number of rotatable bonds is 5. The van der Waals surface area contributed by atoms with Gasteiger partial charge in [-0.1, -0.05) is 12.1 Å². The predicted octanol–water partition coefficient (Wildman–Crippen LogP) is 1.43. The first kappa shape index (κ1) is 26.8. The van der Waals surface area contributed by atoms with E-state index in [1.54, 1.807) is 23.1 Å². The zero-order valence-corrected chi connectivity index (χ0v) is 19.5. The molecule has 12 nitrogen and oxygen atoms in total. The lowest BCUT2D eigenvalue weighted by molar-refractivity contribution is -0.384. The third kappa shape index (κ3) is 4.83. The Morgan fingerprint density at radius 3 is 2.37 bits per heavy atom. The summed E-state index contributed by atoms with van der Waals surface area (Å²) >= 11 is 0. The molecule has 38 heavy (non-hydrogen) atoms. The molecule has 0 aromatic heterocycles. The molecule has 0 aliphatic carbocycles. The number of amides is 2. The number of hydrogen-bond donors (Lipinski definition) is 3. The molecule has 3 saturated heterocycles. The van der Waals surface area contributed by atoms with E-state index in [4.69, 9.17) is 9.90 Å². The van der Waals surface area contributed by atoms with Crippen LogP contribution in [0.4, 0.5) is 18.9 Å². The first-order valence-electron chi connectivity index (χ1n) is 11.4. The molecule has 1 unspecified atom stereocenters. The summed E-state index contributed by atoms with van der Waals surface area (Å²) < 4.78 is 31.7. The Morgan fingerprint density at radius 2 is 1.82 bits per heavy atom. The number of carboxylic acid groups (broad SMARTS) is 2. The maximum Gasteiger partial charge on any atom is 0.490 e. The molecular formula is C23H21F3N4O8. The van der Waals surface area contributed by atoms with Gasteiger partial charge in [0.15, 0.2) is 0 Å². The molecule has 15 heteroatoms. The molecule has 0 radical (unpaired) electrons. The van der Waals surface area contributed by atoms with Crippen LogP contribution in [-0.2, 0) is 25.7 Å². The average Bonchev–Trinajstić information content (AvgIpc) is 3.36. The predicted molar refractivity (Wildman–Crippen MR) is 120 cm³/mol. The number of nitrogens with zero attached hydrogens (tertiary/aromatic N) is 3. The number of likely N-dealkylation sites (tertiary alicyclic amines) is 1. The zero-order chi connectivity index (χ0) is 27.9. The third-order valence-corrected chi connectivity index (χ3v) is 6.80. The Balaban J connectivity index is 0.000000426. The average molecular weight is 538 g/mol.